The molecule has 0 bridgehead atoms. The molecule has 6 heteroatoms. The van der Waals surface area contributed by atoms with Crippen molar-refractivity contribution in [1.82, 2.24) is 15.1 Å². The monoisotopic (exact) mass is 245 g/mol. The molecule has 3 aromatic rings. The van der Waals surface area contributed by atoms with Crippen LogP contribution in [0.15, 0.2) is 45.0 Å². The third-order valence-corrected chi connectivity index (χ3v) is 3.07. The fourth-order valence-electron chi connectivity index (χ4n) is 1.45. The zero-order chi connectivity index (χ0) is 11.7. The minimum absolute atomic E-state index is 0.363. The second-order valence-electron chi connectivity index (χ2n) is 3.35. The maximum absolute atomic E-state index is 10.8. The van der Waals surface area contributed by atoms with E-state index in [1.807, 2.05) is 35.7 Å². The van der Waals surface area contributed by atoms with Crippen molar-refractivity contribution in [3.8, 4) is 22.1 Å². The van der Waals surface area contributed by atoms with Gasteiger partial charge in [0.25, 0.3) is 0 Å². The van der Waals surface area contributed by atoms with Gasteiger partial charge in [0.1, 0.15) is 0 Å². The molecule has 0 saturated heterocycles. The summed E-state index contributed by atoms with van der Waals surface area (Å²) < 4.78 is 4.44. The molecule has 3 rings (SSSR count). The Hall–Kier alpha value is -2.21. The van der Waals surface area contributed by atoms with E-state index in [2.05, 4.69) is 19.6 Å². The van der Waals surface area contributed by atoms with E-state index in [1.165, 1.54) is 11.3 Å². The van der Waals surface area contributed by atoms with Crippen LogP contribution in [0.2, 0.25) is 0 Å². The van der Waals surface area contributed by atoms with E-state index in [9.17, 15) is 4.79 Å². The molecule has 0 radical (unpaired) electrons. The van der Waals surface area contributed by atoms with Crippen molar-refractivity contribution >= 4 is 11.3 Å². The van der Waals surface area contributed by atoms with Gasteiger partial charge in [0, 0.05) is 10.9 Å². The predicted octanol–water partition coefficient (Wildman–Crippen LogP) is 2.15. The standard InChI is InChI=1S/C11H7N3O2S/c15-11-13-9(14-16-11)10-12-8(6-17-10)7-4-2-1-3-5-7/h1-6H,(H,13,14,15). The summed E-state index contributed by atoms with van der Waals surface area (Å²) in [6, 6.07) is 9.80. The number of hydrogen-bond donors (Lipinski definition) is 1. The molecule has 0 fully saturated rings. The van der Waals surface area contributed by atoms with Gasteiger partial charge in [0.05, 0.1) is 5.69 Å². The summed E-state index contributed by atoms with van der Waals surface area (Å²) in [5, 5.41) is 6.15. The van der Waals surface area contributed by atoms with Crippen molar-refractivity contribution < 1.29 is 4.52 Å². The van der Waals surface area contributed by atoms with E-state index in [-0.39, 0.29) is 0 Å². The van der Waals surface area contributed by atoms with Gasteiger partial charge < -0.3 is 0 Å². The Labute approximate surface area is 99.8 Å². The first kappa shape index (κ1) is 9.98. The molecule has 0 aliphatic rings. The maximum atomic E-state index is 10.8. The summed E-state index contributed by atoms with van der Waals surface area (Å²) in [6.07, 6.45) is 0. The van der Waals surface area contributed by atoms with Crippen molar-refractivity contribution in [1.29, 1.82) is 0 Å². The summed E-state index contributed by atoms with van der Waals surface area (Å²) in [5.41, 5.74) is 1.88. The van der Waals surface area contributed by atoms with E-state index in [4.69, 9.17) is 0 Å². The minimum Gasteiger partial charge on any atom is -0.295 e. The first-order valence-electron chi connectivity index (χ1n) is 4.90. The van der Waals surface area contributed by atoms with Crippen LogP contribution in [0.4, 0.5) is 0 Å². The number of rotatable bonds is 2. The molecule has 2 aromatic heterocycles. The van der Waals surface area contributed by atoms with E-state index in [0.29, 0.717) is 10.8 Å². The van der Waals surface area contributed by atoms with E-state index in [1.54, 1.807) is 0 Å². The highest BCUT2D eigenvalue weighted by atomic mass is 32.1. The summed E-state index contributed by atoms with van der Waals surface area (Å²) >= 11 is 1.41. The number of aromatic amines is 1. The fraction of sp³-hybridized carbons (Fsp3) is 0. The first-order chi connectivity index (χ1) is 8.33. The third kappa shape index (κ3) is 1.90. The van der Waals surface area contributed by atoms with Gasteiger partial charge in [0.2, 0.25) is 5.82 Å². The zero-order valence-corrected chi connectivity index (χ0v) is 9.40. The Morgan fingerprint density at radius 3 is 2.76 bits per heavy atom. The third-order valence-electron chi connectivity index (χ3n) is 2.22. The van der Waals surface area contributed by atoms with Gasteiger partial charge in [-0.25, -0.2) is 9.78 Å². The number of hydrogen-bond acceptors (Lipinski definition) is 5. The van der Waals surface area contributed by atoms with Gasteiger partial charge in [-0.2, -0.15) is 0 Å². The van der Waals surface area contributed by atoms with Crippen LogP contribution in [0.5, 0.6) is 0 Å². The average Bonchev–Trinajstić information content (AvgIpc) is 2.98. The Kier molecular flexibility index (Phi) is 2.34. The molecule has 17 heavy (non-hydrogen) atoms. The lowest BCUT2D eigenvalue weighted by Crippen LogP contribution is -1.94. The Balaban J connectivity index is 2.01. The highest BCUT2D eigenvalue weighted by Crippen LogP contribution is 2.25. The number of nitrogens with one attached hydrogen (secondary N) is 1. The predicted molar refractivity (Wildman–Crippen MR) is 63.7 cm³/mol. The number of benzene rings is 1. The van der Waals surface area contributed by atoms with Gasteiger partial charge in [-0.1, -0.05) is 35.5 Å². The number of thiazole rings is 1. The van der Waals surface area contributed by atoms with Gasteiger partial charge in [-0.3, -0.25) is 9.51 Å². The lowest BCUT2D eigenvalue weighted by atomic mass is 10.2. The Morgan fingerprint density at radius 1 is 1.24 bits per heavy atom. The SMILES string of the molecule is O=c1[nH]c(-c2nc(-c3ccccc3)cs2)no1. The molecule has 0 atom stereocenters. The average molecular weight is 245 g/mol. The summed E-state index contributed by atoms with van der Waals surface area (Å²) in [6.45, 7) is 0. The normalized spacial score (nSPS) is 10.6. The number of aromatic nitrogens is 3. The molecule has 5 nitrogen and oxygen atoms in total. The molecular formula is C11H7N3O2S. The maximum Gasteiger partial charge on any atom is 0.439 e. The lowest BCUT2D eigenvalue weighted by Gasteiger charge is -1.93. The van der Waals surface area contributed by atoms with Crippen LogP contribution in [0.1, 0.15) is 0 Å². The summed E-state index contributed by atoms with van der Waals surface area (Å²) in [5.74, 6) is -0.210. The fourth-order valence-corrected chi connectivity index (χ4v) is 2.21. The van der Waals surface area contributed by atoms with Crippen LogP contribution >= 0.6 is 11.3 Å². The van der Waals surface area contributed by atoms with Crippen LogP contribution < -0.4 is 5.76 Å². The van der Waals surface area contributed by atoms with Crippen molar-refractivity contribution in [2.75, 3.05) is 0 Å². The van der Waals surface area contributed by atoms with Crippen molar-refractivity contribution in [2.24, 2.45) is 0 Å². The Morgan fingerprint density at radius 2 is 2.06 bits per heavy atom. The van der Waals surface area contributed by atoms with Crippen LogP contribution in [-0.4, -0.2) is 15.1 Å². The highest BCUT2D eigenvalue weighted by Gasteiger charge is 2.10. The topological polar surface area (TPSA) is 71.8 Å². The number of nitrogens with zero attached hydrogens (tertiary/aromatic N) is 2. The molecular weight excluding hydrogens is 238 g/mol. The second kappa shape index (κ2) is 3.99. The Bertz CT molecular complexity index is 684. The largest absolute Gasteiger partial charge is 0.439 e. The molecule has 0 aliphatic carbocycles. The van der Waals surface area contributed by atoms with Crippen LogP contribution in [-0.2, 0) is 0 Å². The molecule has 84 valence electrons. The van der Waals surface area contributed by atoms with Crippen molar-refractivity contribution in [3.63, 3.8) is 0 Å². The smallest absolute Gasteiger partial charge is 0.295 e. The quantitative estimate of drug-likeness (QED) is 0.750. The number of H-pyrrole nitrogens is 1. The van der Waals surface area contributed by atoms with Crippen LogP contribution in [0.25, 0.3) is 22.1 Å². The van der Waals surface area contributed by atoms with E-state index >= 15 is 0 Å². The van der Waals surface area contributed by atoms with Gasteiger partial charge >= 0.3 is 5.76 Å². The van der Waals surface area contributed by atoms with Gasteiger partial charge in [-0.15, -0.1) is 11.3 Å². The molecule has 1 aromatic carbocycles. The summed E-state index contributed by atoms with van der Waals surface area (Å²) in [7, 11) is 0. The summed E-state index contributed by atoms with van der Waals surface area (Å²) in [4.78, 5) is 17.7. The minimum atomic E-state index is -0.573. The van der Waals surface area contributed by atoms with Crippen molar-refractivity contribution in [3.05, 3.63) is 46.3 Å². The molecule has 2 heterocycles. The lowest BCUT2D eigenvalue weighted by molar-refractivity contribution is 0.388. The van der Waals surface area contributed by atoms with Crippen molar-refractivity contribution in [2.45, 2.75) is 0 Å². The highest BCUT2D eigenvalue weighted by molar-refractivity contribution is 7.13. The molecule has 0 aliphatic heterocycles. The zero-order valence-electron chi connectivity index (χ0n) is 8.58. The molecule has 0 unspecified atom stereocenters. The van der Waals surface area contributed by atoms with Crippen LogP contribution in [0.3, 0.4) is 0 Å². The van der Waals surface area contributed by atoms with E-state index in [0.717, 1.165) is 11.3 Å². The second-order valence-corrected chi connectivity index (χ2v) is 4.21. The molecule has 0 saturated carbocycles. The molecule has 1 N–H and O–H groups in total. The van der Waals surface area contributed by atoms with E-state index < -0.39 is 5.76 Å². The van der Waals surface area contributed by atoms with Gasteiger partial charge in [0.15, 0.2) is 5.01 Å². The van der Waals surface area contributed by atoms with Crippen LogP contribution in [0, 0.1) is 0 Å². The molecule has 0 amide bonds. The molecule has 0 spiro atoms. The van der Waals surface area contributed by atoms with Gasteiger partial charge in [-0.05, 0) is 0 Å². The first-order valence-corrected chi connectivity index (χ1v) is 5.78.